The van der Waals surface area contributed by atoms with Crippen molar-refractivity contribution in [1.82, 2.24) is 9.78 Å². The highest BCUT2D eigenvalue weighted by Gasteiger charge is 2.16. The summed E-state index contributed by atoms with van der Waals surface area (Å²) in [6.07, 6.45) is 2.75. The molecule has 0 spiro atoms. The topological polar surface area (TPSA) is 64.0 Å². The lowest BCUT2D eigenvalue weighted by Crippen LogP contribution is -2.12. The Morgan fingerprint density at radius 3 is 2.63 bits per heavy atom. The molecule has 8 heteroatoms. The van der Waals surface area contributed by atoms with E-state index < -0.39 is 10.0 Å². The first kappa shape index (κ1) is 14.2. The van der Waals surface area contributed by atoms with E-state index in [0.29, 0.717) is 17.3 Å². The number of nitrogens with zero attached hydrogens (tertiary/aromatic N) is 2. The molecular weight excluding hydrogens is 309 g/mol. The summed E-state index contributed by atoms with van der Waals surface area (Å²) in [6, 6.07) is 4.51. The quantitative estimate of drug-likeness (QED) is 0.942. The van der Waals surface area contributed by atoms with Crippen molar-refractivity contribution in [3.8, 4) is 0 Å². The number of sulfonamides is 1. The molecule has 0 amide bonds. The summed E-state index contributed by atoms with van der Waals surface area (Å²) in [6.45, 7) is 2.47. The maximum atomic E-state index is 12.1. The minimum Gasteiger partial charge on any atom is -0.279 e. The Bertz CT molecular complexity index is 698. The number of halogens is 2. The van der Waals surface area contributed by atoms with Gasteiger partial charge in [-0.1, -0.05) is 23.2 Å². The van der Waals surface area contributed by atoms with E-state index in [4.69, 9.17) is 23.2 Å². The second-order valence-corrected chi connectivity index (χ2v) is 6.26. The molecule has 0 aliphatic carbocycles. The first-order chi connectivity index (χ1) is 8.92. The molecule has 0 saturated heterocycles. The van der Waals surface area contributed by atoms with Crippen LogP contribution in [0.5, 0.6) is 0 Å². The van der Waals surface area contributed by atoms with E-state index in [1.165, 1.54) is 35.3 Å². The van der Waals surface area contributed by atoms with Gasteiger partial charge < -0.3 is 0 Å². The van der Waals surface area contributed by atoms with E-state index in [0.717, 1.165) is 0 Å². The molecule has 0 aliphatic rings. The molecule has 1 aromatic carbocycles. The molecule has 1 aromatic heterocycles. The molecule has 0 bridgehead atoms. The van der Waals surface area contributed by atoms with Crippen LogP contribution in [0, 0.1) is 0 Å². The molecule has 0 aliphatic heterocycles. The zero-order chi connectivity index (χ0) is 14.0. The molecular formula is C11H11Cl2N3O2S. The summed E-state index contributed by atoms with van der Waals surface area (Å²) in [5.74, 6) is 0. The maximum absolute atomic E-state index is 12.1. The van der Waals surface area contributed by atoms with Crippen molar-refractivity contribution in [3.63, 3.8) is 0 Å². The minimum absolute atomic E-state index is 0.0976. The molecule has 2 aromatic rings. The van der Waals surface area contributed by atoms with E-state index in [9.17, 15) is 8.42 Å². The van der Waals surface area contributed by atoms with Gasteiger partial charge in [0.05, 0.1) is 21.9 Å². The molecule has 1 heterocycles. The van der Waals surface area contributed by atoms with Crippen LogP contribution in [0.25, 0.3) is 0 Å². The van der Waals surface area contributed by atoms with Gasteiger partial charge in [-0.15, -0.1) is 0 Å². The summed E-state index contributed by atoms with van der Waals surface area (Å²) >= 11 is 11.6. The predicted octanol–water partition coefficient (Wildman–Crippen LogP) is 3.01. The Balaban J connectivity index is 2.28. The summed E-state index contributed by atoms with van der Waals surface area (Å²) < 4.78 is 28.1. The highest BCUT2D eigenvalue weighted by molar-refractivity contribution is 7.92. The van der Waals surface area contributed by atoms with Gasteiger partial charge in [-0.05, 0) is 25.1 Å². The van der Waals surface area contributed by atoms with Crippen molar-refractivity contribution < 1.29 is 8.42 Å². The Hall–Kier alpha value is -1.24. The number of rotatable bonds is 4. The van der Waals surface area contributed by atoms with Crippen LogP contribution in [0.2, 0.25) is 10.0 Å². The number of aryl methyl sites for hydroxylation is 1. The van der Waals surface area contributed by atoms with E-state index in [-0.39, 0.29) is 9.92 Å². The summed E-state index contributed by atoms with van der Waals surface area (Å²) in [5, 5.41) is 4.57. The Morgan fingerprint density at radius 1 is 1.32 bits per heavy atom. The Kier molecular flexibility index (Phi) is 4.03. The van der Waals surface area contributed by atoms with Gasteiger partial charge in [0.25, 0.3) is 10.0 Å². The molecule has 0 unspecified atom stereocenters. The number of hydrogen-bond donors (Lipinski definition) is 1. The first-order valence-corrected chi connectivity index (χ1v) is 7.66. The molecule has 0 saturated carbocycles. The van der Waals surface area contributed by atoms with Crippen LogP contribution in [0.4, 0.5) is 5.69 Å². The molecule has 102 valence electrons. The van der Waals surface area contributed by atoms with Crippen LogP contribution in [0.3, 0.4) is 0 Å². The van der Waals surface area contributed by atoms with Gasteiger partial charge >= 0.3 is 0 Å². The van der Waals surface area contributed by atoms with Crippen molar-refractivity contribution in [2.24, 2.45) is 0 Å². The lowest BCUT2D eigenvalue weighted by Gasteiger charge is -2.07. The number of anilines is 1. The normalized spacial score (nSPS) is 11.5. The number of hydrogen-bond acceptors (Lipinski definition) is 3. The van der Waals surface area contributed by atoms with Gasteiger partial charge in [0.15, 0.2) is 0 Å². The van der Waals surface area contributed by atoms with Crippen molar-refractivity contribution in [2.75, 3.05) is 4.72 Å². The average molecular weight is 320 g/mol. The summed E-state index contributed by atoms with van der Waals surface area (Å²) in [7, 11) is -3.67. The van der Waals surface area contributed by atoms with Crippen molar-refractivity contribution in [1.29, 1.82) is 0 Å². The van der Waals surface area contributed by atoms with Crippen molar-refractivity contribution in [3.05, 3.63) is 40.6 Å². The van der Waals surface area contributed by atoms with E-state index in [1.54, 1.807) is 0 Å². The number of aromatic nitrogens is 2. The molecule has 5 nitrogen and oxygen atoms in total. The Morgan fingerprint density at radius 2 is 2.05 bits per heavy atom. The van der Waals surface area contributed by atoms with Gasteiger partial charge in [0.1, 0.15) is 4.90 Å². The van der Waals surface area contributed by atoms with Crippen LogP contribution >= 0.6 is 23.2 Å². The van der Waals surface area contributed by atoms with Crippen molar-refractivity contribution >= 4 is 38.9 Å². The molecule has 0 atom stereocenters. The molecule has 1 N–H and O–H groups in total. The fourth-order valence-electron chi connectivity index (χ4n) is 1.43. The zero-order valence-corrected chi connectivity index (χ0v) is 12.3. The van der Waals surface area contributed by atoms with Crippen LogP contribution < -0.4 is 4.72 Å². The van der Waals surface area contributed by atoms with Gasteiger partial charge in [0.2, 0.25) is 0 Å². The number of benzene rings is 1. The Labute approximate surface area is 121 Å². The van der Waals surface area contributed by atoms with Crippen LogP contribution in [0.1, 0.15) is 6.92 Å². The van der Waals surface area contributed by atoms with Gasteiger partial charge in [-0.3, -0.25) is 9.40 Å². The fraction of sp³-hybridized carbons (Fsp3) is 0.182. The molecule has 19 heavy (non-hydrogen) atoms. The third-order valence-corrected chi connectivity index (χ3v) is 4.49. The number of nitrogens with one attached hydrogen (secondary N) is 1. The van der Waals surface area contributed by atoms with Gasteiger partial charge in [-0.2, -0.15) is 5.10 Å². The predicted molar refractivity (Wildman–Crippen MR) is 75.2 cm³/mol. The summed E-state index contributed by atoms with van der Waals surface area (Å²) in [5.41, 5.74) is 0.346. The van der Waals surface area contributed by atoms with Gasteiger partial charge in [0, 0.05) is 12.7 Å². The van der Waals surface area contributed by atoms with E-state index in [1.807, 2.05) is 6.92 Å². The third kappa shape index (κ3) is 3.20. The van der Waals surface area contributed by atoms with Gasteiger partial charge in [-0.25, -0.2) is 8.42 Å². The lowest BCUT2D eigenvalue weighted by atomic mass is 10.3. The SMILES string of the molecule is CCn1cc(S(=O)(=O)Nc2ccc(Cl)c(Cl)c2)cn1. The maximum Gasteiger partial charge on any atom is 0.265 e. The monoisotopic (exact) mass is 319 g/mol. The van der Waals surface area contributed by atoms with E-state index in [2.05, 4.69) is 9.82 Å². The molecule has 0 fully saturated rings. The third-order valence-electron chi connectivity index (χ3n) is 2.42. The van der Waals surface area contributed by atoms with Crippen LogP contribution in [-0.2, 0) is 16.6 Å². The van der Waals surface area contributed by atoms with Crippen LogP contribution in [-0.4, -0.2) is 18.2 Å². The fourth-order valence-corrected chi connectivity index (χ4v) is 2.73. The lowest BCUT2D eigenvalue weighted by molar-refractivity contribution is 0.600. The van der Waals surface area contributed by atoms with E-state index >= 15 is 0 Å². The smallest absolute Gasteiger partial charge is 0.265 e. The second-order valence-electron chi connectivity index (χ2n) is 3.77. The van der Waals surface area contributed by atoms with Crippen molar-refractivity contribution in [2.45, 2.75) is 18.4 Å². The van der Waals surface area contributed by atoms with Crippen LogP contribution in [0.15, 0.2) is 35.5 Å². The first-order valence-electron chi connectivity index (χ1n) is 5.42. The standard InChI is InChI=1S/C11H11Cl2N3O2S/c1-2-16-7-9(6-14-16)19(17,18)15-8-3-4-10(12)11(13)5-8/h3-7,15H,2H2,1H3. The largest absolute Gasteiger partial charge is 0.279 e. The minimum atomic E-state index is -3.67. The summed E-state index contributed by atoms with van der Waals surface area (Å²) in [4.78, 5) is 0.0976. The zero-order valence-electron chi connectivity index (χ0n) is 9.97. The highest BCUT2D eigenvalue weighted by atomic mass is 35.5. The molecule has 0 radical (unpaired) electrons. The molecule has 2 rings (SSSR count). The highest BCUT2D eigenvalue weighted by Crippen LogP contribution is 2.26. The average Bonchev–Trinajstić information content (AvgIpc) is 2.83. The second kappa shape index (κ2) is 5.40.